The summed E-state index contributed by atoms with van der Waals surface area (Å²) < 4.78 is 10.5. The minimum Gasteiger partial charge on any atom is -0.507 e. The van der Waals surface area contributed by atoms with Crippen molar-refractivity contribution < 1.29 is 24.2 Å². The van der Waals surface area contributed by atoms with Crippen molar-refractivity contribution in [3.05, 3.63) is 70.3 Å². The lowest BCUT2D eigenvalue weighted by Crippen LogP contribution is -2.32. The van der Waals surface area contributed by atoms with Crippen molar-refractivity contribution in [3.8, 4) is 5.75 Å². The molecule has 1 N–H and O–H groups in total. The van der Waals surface area contributed by atoms with E-state index >= 15 is 0 Å². The smallest absolute Gasteiger partial charge is 0.295 e. The molecule has 1 saturated heterocycles. The summed E-state index contributed by atoms with van der Waals surface area (Å²) >= 11 is 0. The van der Waals surface area contributed by atoms with Crippen molar-refractivity contribution >= 4 is 17.4 Å². The average molecular weight is 438 g/mol. The van der Waals surface area contributed by atoms with Crippen molar-refractivity contribution in [1.82, 2.24) is 4.90 Å². The van der Waals surface area contributed by atoms with Crippen LogP contribution in [0.4, 0.5) is 0 Å². The van der Waals surface area contributed by atoms with Crippen LogP contribution in [0.25, 0.3) is 5.76 Å². The highest BCUT2D eigenvalue weighted by molar-refractivity contribution is 6.46. The second-order valence-electron chi connectivity index (χ2n) is 9.04. The van der Waals surface area contributed by atoms with Gasteiger partial charge in [-0.15, -0.1) is 0 Å². The van der Waals surface area contributed by atoms with Gasteiger partial charge in [-0.05, 0) is 47.2 Å². The Morgan fingerprint density at radius 3 is 2.25 bits per heavy atom. The van der Waals surface area contributed by atoms with Gasteiger partial charge < -0.3 is 19.5 Å². The number of benzene rings is 2. The van der Waals surface area contributed by atoms with Crippen LogP contribution in [0.5, 0.6) is 5.75 Å². The van der Waals surface area contributed by atoms with E-state index in [-0.39, 0.29) is 29.9 Å². The minimum atomic E-state index is -0.697. The summed E-state index contributed by atoms with van der Waals surface area (Å²) in [4.78, 5) is 27.4. The quantitative estimate of drug-likeness (QED) is 0.413. The summed E-state index contributed by atoms with van der Waals surface area (Å²) in [6, 6.07) is 12.3. The van der Waals surface area contributed by atoms with Gasteiger partial charge >= 0.3 is 0 Å². The highest BCUT2D eigenvalue weighted by atomic mass is 16.5. The Morgan fingerprint density at radius 1 is 1.06 bits per heavy atom. The van der Waals surface area contributed by atoms with Crippen molar-refractivity contribution in [2.75, 3.05) is 27.4 Å². The summed E-state index contributed by atoms with van der Waals surface area (Å²) in [5.41, 5.74) is 3.23. The molecule has 0 saturated carbocycles. The van der Waals surface area contributed by atoms with Crippen LogP contribution in [0.3, 0.4) is 0 Å². The predicted octanol–water partition coefficient (Wildman–Crippen LogP) is 4.37. The molecule has 1 amide bonds. The van der Waals surface area contributed by atoms with E-state index in [0.29, 0.717) is 11.3 Å². The Kier molecular flexibility index (Phi) is 6.74. The number of ketones is 1. The monoisotopic (exact) mass is 437 g/mol. The molecule has 32 heavy (non-hydrogen) atoms. The minimum absolute atomic E-state index is 0.0307. The number of aryl methyl sites for hydroxylation is 1. The average Bonchev–Trinajstić information content (AvgIpc) is 3.01. The van der Waals surface area contributed by atoms with Crippen LogP contribution in [-0.2, 0) is 19.7 Å². The number of Topliss-reactive ketones (excluding diaryl/α,β-unsaturated/α-hetero) is 1. The third kappa shape index (κ3) is 4.41. The van der Waals surface area contributed by atoms with E-state index in [9.17, 15) is 14.7 Å². The normalized spacial score (nSPS) is 18.3. The second kappa shape index (κ2) is 9.17. The number of likely N-dealkylation sites (tertiary alicyclic amines) is 1. The Bertz CT molecular complexity index is 1050. The van der Waals surface area contributed by atoms with Gasteiger partial charge in [0.2, 0.25) is 0 Å². The van der Waals surface area contributed by atoms with E-state index in [2.05, 4.69) is 20.8 Å². The topological polar surface area (TPSA) is 76.1 Å². The van der Waals surface area contributed by atoms with Gasteiger partial charge in [0.05, 0.1) is 25.3 Å². The number of carbonyl (C=O) groups excluding carboxylic acids is 2. The molecule has 0 spiro atoms. The Labute approximate surface area is 189 Å². The molecule has 2 aromatic rings. The molecule has 3 rings (SSSR count). The zero-order chi connectivity index (χ0) is 23.6. The van der Waals surface area contributed by atoms with Crippen LogP contribution in [0.15, 0.2) is 48.0 Å². The third-order valence-corrected chi connectivity index (χ3v) is 5.84. The van der Waals surface area contributed by atoms with Crippen LogP contribution >= 0.6 is 0 Å². The molecule has 0 aromatic heterocycles. The van der Waals surface area contributed by atoms with E-state index in [1.807, 2.05) is 31.2 Å². The first kappa shape index (κ1) is 23.5. The Morgan fingerprint density at radius 2 is 1.72 bits per heavy atom. The molecule has 0 bridgehead atoms. The number of amides is 1. The number of aliphatic hydroxyl groups is 1. The van der Waals surface area contributed by atoms with Gasteiger partial charge in [-0.2, -0.15) is 0 Å². The van der Waals surface area contributed by atoms with Crippen molar-refractivity contribution in [2.24, 2.45) is 0 Å². The number of hydrogen-bond donors (Lipinski definition) is 1. The van der Waals surface area contributed by atoms with E-state index in [1.165, 1.54) is 4.90 Å². The van der Waals surface area contributed by atoms with Gasteiger partial charge in [0.15, 0.2) is 0 Å². The number of rotatable bonds is 6. The molecule has 1 heterocycles. The first-order valence-electron chi connectivity index (χ1n) is 10.6. The highest BCUT2D eigenvalue weighted by Crippen LogP contribution is 2.40. The molecule has 1 aliphatic heterocycles. The van der Waals surface area contributed by atoms with E-state index in [0.717, 1.165) is 16.7 Å². The van der Waals surface area contributed by atoms with Crippen LogP contribution in [0, 0.1) is 6.92 Å². The van der Waals surface area contributed by atoms with E-state index < -0.39 is 17.7 Å². The number of methoxy groups -OCH3 is 2. The maximum absolute atomic E-state index is 13.0. The van der Waals surface area contributed by atoms with Gasteiger partial charge in [-0.1, -0.05) is 45.0 Å². The predicted molar refractivity (Wildman–Crippen MR) is 124 cm³/mol. The van der Waals surface area contributed by atoms with Crippen LogP contribution in [-0.4, -0.2) is 49.1 Å². The number of carbonyl (C=O) groups is 2. The molecule has 0 aliphatic carbocycles. The second-order valence-corrected chi connectivity index (χ2v) is 9.04. The van der Waals surface area contributed by atoms with Gasteiger partial charge in [-0.3, -0.25) is 9.59 Å². The van der Waals surface area contributed by atoms with Gasteiger partial charge in [0.1, 0.15) is 11.5 Å². The summed E-state index contributed by atoms with van der Waals surface area (Å²) in [6.07, 6.45) is 0. The fourth-order valence-corrected chi connectivity index (χ4v) is 3.99. The lowest BCUT2D eigenvalue weighted by Gasteiger charge is -2.26. The maximum atomic E-state index is 13.0. The number of nitrogens with zero attached hydrogens (tertiary/aromatic N) is 1. The Hall–Kier alpha value is -3.12. The molecule has 170 valence electrons. The highest BCUT2D eigenvalue weighted by Gasteiger charge is 2.45. The fraction of sp³-hybridized carbons (Fsp3) is 0.385. The van der Waals surface area contributed by atoms with Crippen molar-refractivity contribution in [1.29, 1.82) is 0 Å². The van der Waals surface area contributed by atoms with Crippen LogP contribution in [0.1, 0.15) is 49.1 Å². The first-order chi connectivity index (χ1) is 15.1. The number of hydrogen-bond acceptors (Lipinski definition) is 5. The molecule has 0 unspecified atom stereocenters. The fourth-order valence-electron chi connectivity index (χ4n) is 3.99. The van der Waals surface area contributed by atoms with Gasteiger partial charge in [0, 0.05) is 19.2 Å². The molecule has 6 heteroatoms. The lowest BCUT2D eigenvalue weighted by atomic mass is 9.85. The summed E-state index contributed by atoms with van der Waals surface area (Å²) in [7, 11) is 3.12. The van der Waals surface area contributed by atoms with Crippen molar-refractivity contribution in [3.63, 3.8) is 0 Å². The molecule has 2 aromatic carbocycles. The standard InChI is InChI=1S/C26H31NO5/c1-16-15-18(9-12-20(16)32-6)23(28)21-22(27(13-14-31-5)25(30)24(21)29)17-7-10-19(11-8-17)26(2,3)4/h7-12,15,22,28H,13-14H2,1-6H3/t22-/m0/s1. The number of ether oxygens (including phenoxy) is 2. The van der Waals surface area contributed by atoms with Crippen LogP contribution < -0.4 is 4.74 Å². The molecule has 0 radical (unpaired) electrons. The lowest BCUT2D eigenvalue weighted by molar-refractivity contribution is -0.140. The van der Waals surface area contributed by atoms with Crippen molar-refractivity contribution in [2.45, 2.75) is 39.2 Å². The van der Waals surface area contributed by atoms with Crippen LogP contribution in [0.2, 0.25) is 0 Å². The summed E-state index contributed by atoms with van der Waals surface area (Å²) in [5, 5.41) is 11.2. The maximum Gasteiger partial charge on any atom is 0.295 e. The zero-order valence-corrected chi connectivity index (χ0v) is 19.6. The SMILES string of the molecule is COCCN1C(=O)C(=O)C(=C(O)c2ccc(OC)c(C)c2)[C@@H]1c1ccc(C(C)(C)C)cc1. The van der Waals surface area contributed by atoms with E-state index in [1.54, 1.807) is 32.4 Å². The summed E-state index contributed by atoms with van der Waals surface area (Å²) in [6.45, 7) is 8.75. The van der Waals surface area contributed by atoms with Gasteiger partial charge in [-0.25, -0.2) is 0 Å². The van der Waals surface area contributed by atoms with E-state index in [4.69, 9.17) is 9.47 Å². The molecule has 1 aliphatic rings. The zero-order valence-electron chi connectivity index (χ0n) is 19.6. The molecule has 6 nitrogen and oxygen atoms in total. The molecule has 1 fully saturated rings. The molecule has 1 atom stereocenters. The molecular formula is C26H31NO5. The largest absolute Gasteiger partial charge is 0.507 e. The summed E-state index contributed by atoms with van der Waals surface area (Å²) in [5.74, 6) is -0.856. The van der Waals surface area contributed by atoms with Gasteiger partial charge in [0.25, 0.3) is 11.7 Å². The first-order valence-corrected chi connectivity index (χ1v) is 10.6. The molecular weight excluding hydrogens is 406 g/mol. The third-order valence-electron chi connectivity index (χ3n) is 5.84. The Balaban J connectivity index is 2.15. The number of aliphatic hydroxyl groups excluding tert-OH is 1.